The summed E-state index contributed by atoms with van der Waals surface area (Å²) in [5.74, 6) is 0.998. The van der Waals surface area contributed by atoms with Crippen molar-refractivity contribution < 1.29 is 14.3 Å². The molecule has 0 radical (unpaired) electrons. The van der Waals surface area contributed by atoms with E-state index < -0.39 is 0 Å². The summed E-state index contributed by atoms with van der Waals surface area (Å²) in [5.41, 5.74) is 1.13. The second-order valence-corrected chi connectivity index (χ2v) is 9.69. The van der Waals surface area contributed by atoms with Crippen LogP contribution < -0.4 is 14.4 Å². The van der Waals surface area contributed by atoms with E-state index in [9.17, 15) is 4.79 Å². The first-order valence-corrected chi connectivity index (χ1v) is 11.8. The number of carbonyl (C=O) groups excluding carboxylic acids is 1. The van der Waals surface area contributed by atoms with E-state index in [0.29, 0.717) is 37.4 Å². The first-order chi connectivity index (χ1) is 14.4. The van der Waals surface area contributed by atoms with Gasteiger partial charge in [-0.15, -0.1) is 23.7 Å². The maximum Gasteiger partial charge on any atom is 0.262 e. The van der Waals surface area contributed by atoms with Crippen molar-refractivity contribution in [2.24, 2.45) is 0 Å². The standard InChI is InChI=1S/C20H23Cl2N3O3S2.ClH/c1-5-24(6-2)7-8-25(19(26)12-9-17(21)30-18(12)22)20-23-13-10-14(27-3)15(28-4)11-16(13)29-20;/h9-11H,5-8H2,1-4H3;1H. The number of thiazole rings is 1. The number of thiophene rings is 1. The third kappa shape index (κ3) is 5.74. The Morgan fingerprint density at radius 2 is 1.68 bits per heavy atom. The molecule has 0 aliphatic carbocycles. The van der Waals surface area contributed by atoms with E-state index in [4.69, 9.17) is 37.7 Å². The van der Waals surface area contributed by atoms with E-state index >= 15 is 0 Å². The molecule has 0 saturated carbocycles. The van der Waals surface area contributed by atoms with Crippen LogP contribution in [-0.4, -0.2) is 56.2 Å². The number of nitrogens with zero attached hydrogens (tertiary/aromatic N) is 3. The summed E-state index contributed by atoms with van der Waals surface area (Å²) in [5, 5.41) is 0.593. The van der Waals surface area contributed by atoms with E-state index in [1.165, 1.54) is 22.7 Å². The number of rotatable bonds is 9. The van der Waals surface area contributed by atoms with Gasteiger partial charge in [-0.25, -0.2) is 4.98 Å². The third-order valence-electron chi connectivity index (χ3n) is 4.78. The van der Waals surface area contributed by atoms with E-state index in [0.717, 1.165) is 29.9 Å². The number of fused-ring (bicyclic) bond motifs is 1. The van der Waals surface area contributed by atoms with Crippen molar-refractivity contribution in [1.82, 2.24) is 9.88 Å². The Bertz CT molecular complexity index is 997. The largest absolute Gasteiger partial charge is 0.493 e. The number of hydrogen-bond acceptors (Lipinski definition) is 7. The Balaban J connectivity index is 0.00000341. The van der Waals surface area contributed by atoms with Crippen LogP contribution in [0.1, 0.15) is 24.2 Å². The topological polar surface area (TPSA) is 54.9 Å². The van der Waals surface area contributed by atoms with Crippen LogP contribution in [0.4, 0.5) is 5.13 Å². The van der Waals surface area contributed by atoms with Gasteiger partial charge < -0.3 is 14.4 Å². The molecule has 1 amide bonds. The second-order valence-electron chi connectivity index (χ2n) is 6.39. The van der Waals surface area contributed by atoms with Gasteiger partial charge in [-0.2, -0.15) is 0 Å². The fourth-order valence-electron chi connectivity index (χ4n) is 3.06. The molecule has 0 unspecified atom stereocenters. The highest BCUT2D eigenvalue weighted by molar-refractivity contribution is 7.22. The van der Waals surface area contributed by atoms with E-state index in [1.54, 1.807) is 25.2 Å². The Morgan fingerprint density at radius 1 is 1.03 bits per heavy atom. The lowest BCUT2D eigenvalue weighted by Gasteiger charge is -2.24. The molecule has 2 aromatic heterocycles. The number of aromatic nitrogens is 1. The molecule has 1 aromatic carbocycles. The summed E-state index contributed by atoms with van der Waals surface area (Å²) in [6.07, 6.45) is 0. The molecule has 31 heavy (non-hydrogen) atoms. The number of methoxy groups -OCH3 is 2. The first-order valence-electron chi connectivity index (χ1n) is 9.43. The van der Waals surface area contributed by atoms with Gasteiger partial charge in [-0.3, -0.25) is 9.69 Å². The Morgan fingerprint density at radius 3 is 2.23 bits per heavy atom. The predicted molar refractivity (Wildman–Crippen MR) is 134 cm³/mol. The fraction of sp³-hybridized carbons (Fsp3) is 0.400. The van der Waals surface area contributed by atoms with Crippen molar-refractivity contribution >= 4 is 79.5 Å². The highest BCUT2D eigenvalue weighted by atomic mass is 35.5. The summed E-state index contributed by atoms with van der Waals surface area (Å²) >= 11 is 15.0. The minimum Gasteiger partial charge on any atom is -0.493 e. The maximum absolute atomic E-state index is 13.4. The first kappa shape index (κ1) is 26.0. The van der Waals surface area contributed by atoms with Crippen LogP contribution >= 0.6 is 58.3 Å². The van der Waals surface area contributed by atoms with Crippen molar-refractivity contribution in [2.45, 2.75) is 13.8 Å². The van der Waals surface area contributed by atoms with Crippen LogP contribution in [-0.2, 0) is 0 Å². The molecule has 3 aromatic rings. The van der Waals surface area contributed by atoms with Crippen LogP contribution in [0.25, 0.3) is 10.2 Å². The number of carbonyl (C=O) groups is 1. The minimum atomic E-state index is -0.215. The summed E-state index contributed by atoms with van der Waals surface area (Å²) in [6.45, 7) is 7.20. The number of halogens is 3. The van der Waals surface area contributed by atoms with Crippen LogP contribution in [0.15, 0.2) is 18.2 Å². The van der Waals surface area contributed by atoms with Crippen LogP contribution in [0.2, 0.25) is 8.67 Å². The van der Waals surface area contributed by atoms with Gasteiger partial charge in [0.25, 0.3) is 5.91 Å². The Hall–Kier alpha value is -1.29. The lowest BCUT2D eigenvalue weighted by atomic mass is 10.3. The minimum absolute atomic E-state index is 0. The number of hydrogen-bond donors (Lipinski definition) is 0. The molecule has 6 nitrogen and oxygen atoms in total. The second kappa shape index (κ2) is 11.5. The van der Waals surface area contributed by atoms with Gasteiger partial charge in [0.05, 0.1) is 34.3 Å². The molecule has 0 aliphatic heterocycles. The number of likely N-dealkylation sites (N-methyl/N-ethyl adjacent to an activating group) is 1. The molecule has 2 heterocycles. The van der Waals surface area contributed by atoms with Crippen molar-refractivity contribution in [2.75, 3.05) is 45.3 Å². The zero-order chi connectivity index (χ0) is 21.8. The fourth-order valence-corrected chi connectivity index (χ4v) is 5.50. The third-order valence-corrected chi connectivity index (χ3v) is 7.31. The average molecular weight is 525 g/mol. The number of ether oxygens (including phenoxy) is 2. The van der Waals surface area contributed by atoms with E-state index in [-0.39, 0.29) is 18.3 Å². The van der Waals surface area contributed by atoms with Crippen LogP contribution in [0.5, 0.6) is 11.5 Å². The monoisotopic (exact) mass is 523 g/mol. The van der Waals surface area contributed by atoms with Crippen molar-refractivity contribution in [1.29, 1.82) is 0 Å². The Labute approximate surface area is 206 Å². The zero-order valence-corrected chi connectivity index (χ0v) is 21.6. The van der Waals surface area contributed by atoms with E-state index in [2.05, 4.69) is 18.7 Å². The molecule has 0 aliphatic rings. The zero-order valence-electron chi connectivity index (χ0n) is 17.6. The quantitative estimate of drug-likeness (QED) is 0.339. The molecule has 11 heteroatoms. The molecule has 3 rings (SSSR count). The summed E-state index contributed by atoms with van der Waals surface area (Å²) < 4.78 is 12.5. The van der Waals surface area contributed by atoms with Gasteiger partial charge in [-0.1, -0.05) is 48.4 Å². The van der Waals surface area contributed by atoms with Crippen LogP contribution in [0, 0.1) is 0 Å². The molecule has 0 bridgehead atoms. The van der Waals surface area contributed by atoms with Crippen LogP contribution in [0.3, 0.4) is 0 Å². The van der Waals surface area contributed by atoms with Gasteiger partial charge in [-0.05, 0) is 19.2 Å². The molecular formula is C20H24Cl3N3O3S2. The summed E-state index contributed by atoms with van der Waals surface area (Å²) in [7, 11) is 3.17. The SMILES string of the molecule is CCN(CC)CCN(C(=O)c1cc(Cl)sc1Cl)c1nc2cc(OC)c(OC)cc2s1.Cl. The number of anilines is 1. The smallest absolute Gasteiger partial charge is 0.262 e. The molecule has 170 valence electrons. The van der Waals surface area contributed by atoms with Gasteiger partial charge in [0.1, 0.15) is 4.34 Å². The van der Waals surface area contributed by atoms with E-state index in [1.807, 2.05) is 12.1 Å². The highest BCUT2D eigenvalue weighted by Gasteiger charge is 2.25. The van der Waals surface area contributed by atoms with Gasteiger partial charge in [0, 0.05) is 25.2 Å². The predicted octanol–water partition coefficient (Wildman–Crippen LogP) is 6.09. The highest BCUT2D eigenvalue weighted by Crippen LogP contribution is 2.38. The molecular weight excluding hydrogens is 501 g/mol. The molecule has 0 spiro atoms. The number of amides is 1. The lowest BCUT2D eigenvalue weighted by Crippen LogP contribution is -2.38. The number of benzene rings is 1. The molecule has 0 atom stereocenters. The van der Waals surface area contributed by atoms with Gasteiger partial charge in [0.2, 0.25) is 0 Å². The molecule has 0 fully saturated rings. The Kier molecular flexibility index (Phi) is 9.66. The maximum atomic E-state index is 13.4. The summed E-state index contributed by atoms with van der Waals surface area (Å²) in [4.78, 5) is 22.0. The van der Waals surface area contributed by atoms with Crippen molar-refractivity contribution in [3.63, 3.8) is 0 Å². The van der Waals surface area contributed by atoms with Crippen molar-refractivity contribution in [3.05, 3.63) is 32.4 Å². The van der Waals surface area contributed by atoms with Gasteiger partial charge >= 0.3 is 0 Å². The van der Waals surface area contributed by atoms with Crippen molar-refractivity contribution in [3.8, 4) is 11.5 Å². The van der Waals surface area contributed by atoms with Gasteiger partial charge in [0.15, 0.2) is 16.6 Å². The normalized spacial score (nSPS) is 10.9. The molecule has 0 N–H and O–H groups in total. The summed E-state index contributed by atoms with van der Waals surface area (Å²) in [6, 6.07) is 5.30. The molecule has 0 saturated heterocycles. The average Bonchev–Trinajstić information content (AvgIpc) is 3.31. The lowest BCUT2D eigenvalue weighted by molar-refractivity contribution is 0.0984.